The van der Waals surface area contributed by atoms with Crippen molar-refractivity contribution >= 4 is 15.9 Å². The molecule has 19 heavy (non-hydrogen) atoms. The highest BCUT2D eigenvalue weighted by molar-refractivity contribution is 9.10. The third-order valence-corrected chi connectivity index (χ3v) is 3.17. The first-order valence-electron chi connectivity index (χ1n) is 6.44. The molecule has 3 N–H and O–H groups in total. The summed E-state index contributed by atoms with van der Waals surface area (Å²) >= 11 is 3.44. The van der Waals surface area contributed by atoms with Crippen LogP contribution >= 0.6 is 15.9 Å². The van der Waals surface area contributed by atoms with Crippen LogP contribution in [0.25, 0.3) is 0 Å². The number of halogens is 1. The molecule has 0 saturated carbocycles. The van der Waals surface area contributed by atoms with Crippen LogP contribution in [0.2, 0.25) is 0 Å². The van der Waals surface area contributed by atoms with Crippen LogP contribution < -0.4 is 10.1 Å². The Balaban J connectivity index is 2.66. The van der Waals surface area contributed by atoms with Gasteiger partial charge in [0, 0.05) is 12.1 Å². The first-order valence-corrected chi connectivity index (χ1v) is 7.23. The second-order valence-electron chi connectivity index (χ2n) is 4.90. The average Bonchev–Trinajstić information content (AvgIpc) is 2.37. The number of aliphatic hydroxyl groups is 2. The van der Waals surface area contributed by atoms with Crippen molar-refractivity contribution in [2.75, 3.05) is 19.8 Å². The minimum absolute atomic E-state index is 0.0797. The summed E-state index contributed by atoms with van der Waals surface area (Å²) in [5.74, 6) is 1.30. The molecule has 5 heteroatoms. The molecule has 0 fully saturated rings. The maximum Gasteiger partial charge on any atom is 0.138 e. The van der Waals surface area contributed by atoms with Crippen LogP contribution in [0.1, 0.15) is 19.4 Å². The first kappa shape index (κ1) is 16.4. The van der Waals surface area contributed by atoms with E-state index in [9.17, 15) is 5.11 Å². The van der Waals surface area contributed by atoms with Gasteiger partial charge in [0.2, 0.25) is 0 Å². The second-order valence-corrected chi connectivity index (χ2v) is 5.75. The molecule has 0 spiro atoms. The number of hydrogen-bond acceptors (Lipinski definition) is 4. The lowest BCUT2D eigenvalue weighted by molar-refractivity contribution is 0.0530. The Labute approximate surface area is 122 Å². The SMILES string of the molecule is CC(C)CNCc1cccc(Br)c1OCC(O)CO. The molecule has 0 aliphatic carbocycles. The summed E-state index contributed by atoms with van der Waals surface area (Å²) in [7, 11) is 0. The Morgan fingerprint density at radius 3 is 2.74 bits per heavy atom. The van der Waals surface area contributed by atoms with Crippen molar-refractivity contribution in [1.82, 2.24) is 5.32 Å². The molecule has 1 atom stereocenters. The van der Waals surface area contributed by atoms with Gasteiger partial charge in [-0.1, -0.05) is 26.0 Å². The topological polar surface area (TPSA) is 61.7 Å². The number of nitrogens with one attached hydrogen (secondary N) is 1. The molecule has 0 aromatic heterocycles. The number of hydrogen-bond donors (Lipinski definition) is 3. The van der Waals surface area contributed by atoms with Crippen LogP contribution in [-0.2, 0) is 6.54 Å². The van der Waals surface area contributed by atoms with Crippen LogP contribution in [0, 0.1) is 5.92 Å². The molecule has 0 saturated heterocycles. The molecule has 0 heterocycles. The Morgan fingerprint density at radius 1 is 1.37 bits per heavy atom. The fraction of sp³-hybridized carbons (Fsp3) is 0.571. The van der Waals surface area contributed by atoms with Gasteiger partial charge in [-0.25, -0.2) is 0 Å². The molecule has 4 nitrogen and oxygen atoms in total. The number of rotatable bonds is 8. The van der Waals surface area contributed by atoms with E-state index in [2.05, 4.69) is 35.1 Å². The molecular formula is C14H22BrNO3. The molecule has 108 valence electrons. The highest BCUT2D eigenvalue weighted by atomic mass is 79.9. The smallest absolute Gasteiger partial charge is 0.138 e. The van der Waals surface area contributed by atoms with Gasteiger partial charge >= 0.3 is 0 Å². The zero-order valence-corrected chi connectivity index (χ0v) is 13.0. The van der Waals surface area contributed by atoms with E-state index in [1.165, 1.54) is 0 Å². The number of aliphatic hydroxyl groups excluding tert-OH is 2. The van der Waals surface area contributed by atoms with Crippen LogP contribution in [-0.4, -0.2) is 36.1 Å². The second kappa shape index (κ2) is 8.53. The van der Waals surface area contributed by atoms with E-state index in [-0.39, 0.29) is 13.2 Å². The molecule has 0 aliphatic rings. The van der Waals surface area contributed by atoms with Crippen molar-refractivity contribution in [3.63, 3.8) is 0 Å². The van der Waals surface area contributed by atoms with Crippen LogP contribution in [0.5, 0.6) is 5.75 Å². The molecule has 1 aromatic carbocycles. The Bertz CT molecular complexity index is 385. The van der Waals surface area contributed by atoms with E-state index in [1.54, 1.807) is 0 Å². The molecule has 0 bridgehead atoms. The van der Waals surface area contributed by atoms with Gasteiger partial charge in [-0.2, -0.15) is 0 Å². The lowest BCUT2D eigenvalue weighted by Crippen LogP contribution is -2.23. The quantitative estimate of drug-likeness (QED) is 0.681. The van der Waals surface area contributed by atoms with Crippen molar-refractivity contribution in [3.8, 4) is 5.75 Å². The van der Waals surface area contributed by atoms with Gasteiger partial charge in [-0.3, -0.25) is 0 Å². The Hall–Kier alpha value is -0.620. The molecule has 1 rings (SSSR count). The highest BCUT2D eigenvalue weighted by Gasteiger charge is 2.10. The van der Waals surface area contributed by atoms with E-state index < -0.39 is 6.10 Å². The number of benzene rings is 1. The summed E-state index contributed by atoms with van der Waals surface area (Å²) in [6, 6.07) is 5.83. The van der Waals surface area contributed by atoms with Gasteiger partial charge in [-0.05, 0) is 34.5 Å². The molecule has 1 unspecified atom stereocenters. The van der Waals surface area contributed by atoms with Gasteiger partial charge in [0.05, 0.1) is 11.1 Å². The normalized spacial score (nSPS) is 12.7. The van der Waals surface area contributed by atoms with Crippen LogP contribution in [0.15, 0.2) is 22.7 Å². The highest BCUT2D eigenvalue weighted by Crippen LogP contribution is 2.29. The largest absolute Gasteiger partial charge is 0.489 e. The molecule has 0 amide bonds. The van der Waals surface area contributed by atoms with E-state index in [4.69, 9.17) is 9.84 Å². The van der Waals surface area contributed by atoms with Crippen molar-refractivity contribution in [3.05, 3.63) is 28.2 Å². The third-order valence-electron chi connectivity index (χ3n) is 2.55. The minimum Gasteiger partial charge on any atom is -0.489 e. The number of ether oxygens (including phenoxy) is 1. The monoisotopic (exact) mass is 331 g/mol. The molecule has 1 aromatic rings. The summed E-state index contributed by atoms with van der Waals surface area (Å²) in [5.41, 5.74) is 1.03. The Morgan fingerprint density at radius 2 is 2.11 bits per heavy atom. The predicted molar refractivity (Wildman–Crippen MR) is 79.3 cm³/mol. The van der Waals surface area contributed by atoms with Crippen molar-refractivity contribution in [2.45, 2.75) is 26.5 Å². The maximum atomic E-state index is 9.34. The molecular weight excluding hydrogens is 310 g/mol. The lowest BCUT2D eigenvalue weighted by Gasteiger charge is -2.16. The van der Waals surface area contributed by atoms with Gasteiger partial charge in [0.1, 0.15) is 18.5 Å². The summed E-state index contributed by atoms with van der Waals surface area (Å²) in [5, 5.41) is 21.5. The molecule has 0 aliphatic heterocycles. The van der Waals surface area contributed by atoms with Gasteiger partial charge in [-0.15, -0.1) is 0 Å². The third kappa shape index (κ3) is 5.91. The summed E-state index contributed by atoms with van der Waals surface area (Å²) < 4.78 is 6.43. The summed E-state index contributed by atoms with van der Waals surface area (Å²) in [6.45, 7) is 5.74. The Kier molecular flexibility index (Phi) is 7.38. The standard InChI is InChI=1S/C14H22BrNO3/c1-10(2)6-16-7-11-4-3-5-13(15)14(11)19-9-12(18)8-17/h3-5,10,12,16-18H,6-9H2,1-2H3. The van der Waals surface area contributed by atoms with E-state index >= 15 is 0 Å². The predicted octanol–water partition coefficient (Wildman–Crippen LogP) is 1.93. The van der Waals surface area contributed by atoms with E-state index in [1.807, 2.05) is 18.2 Å². The first-order chi connectivity index (χ1) is 9.04. The zero-order valence-electron chi connectivity index (χ0n) is 11.4. The average molecular weight is 332 g/mol. The van der Waals surface area contributed by atoms with Crippen LogP contribution in [0.3, 0.4) is 0 Å². The summed E-state index contributed by atoms with van der Waals surface area (Å²) in [6.07, 6.45) is -0.858. The van der Waals surface area contributed by atoms with E-state index in [0.29, 0.717) is 18.2 Å². The lowest BCUT2D eigenvalue weighted by atomic mass is 10.2. The fourth-order valence-corrected chi connectivity index (χ4v) is 2.10. The summed E-state index contributed by atoms with van der Waals surface area (Å²) in [4.78, 5) is 0. The zero-order chi connectivity index (χ0) is 14.3. The van der Waals surface area contributed by atoms with Gasteiger partial charge in [0.25, 0.3) is 0 Å². The maximum absolute atomic E-state index is 9.34. The van der Waals surface area contributed by atoms with Gasteiger partial charge < -0.3 is 20.3 Å². The van der Waals surface area contributed by atoms with Crippen molar-refractivity contribution in [1.29, 1.82) is 0 Å². The molecule has 0 radical (unpaired) electrons. The fourth-order valence-electron chi connectivity index (χ4n) is 1.58. The van der Waals surface area contributed by atoms with Crippen molar-refractivity contribution < 1.29 is 14.9 Å². The van der Waals surface area contributed by atoms with Crippen molar-refractivity contribution in [2.24, 2.45) is 5.92 Å². The minimum atomic E-state index is -0.858. The van der Waals surface area contributed by atoms with E-state index in [0.717, 1.165) is 16.6 Å². The van der Waals surface area contributed by atoms with Gasteiger partial charge in [0.15, 0.2) is 0 Å². The number of para-hydroxylation sites is 1. The van der Waals surface area contributed by atoms with Crippen LogP contribution in [0.4, 0.5) is 0 Å².